The van der Waals surface area contributed by atoms with Crippen molar-refractivity contribution in [1.29, 1.82) is 0 Å². The summed E-state index contributed by atoms with van der Waals surface area (Å²) in [6.45, 7) is 0. The number of rotatable bonds is 2. The first-order valence-electron chi connectivity index (χ1n) is 4.35. The first-order chi connectivity index (χ1) is 6.33. The van der Waals surface area contributed by atoms with Gasteiger partial charge in [-0.3, -0.25) is 0 Å². The molecule has 0 saturated carbocycles. The zero-order chi connectivity index (χ0) is 9.26. The normalized spacial score (nSPS) is 10.9. The maximum Gasteiger partial charge on any atom is 0.0480 e. The molecular formula is C11H13NS. The van der Waals surface area contributed by atoms with Crippen molar-refractivity contribution in [2.75, 3.05) is 6.26 Å². The average molecular weight is 191 g/mol. The molecule has 0 atom stereocenters. The Morgan fingerprint density at radius 3 is 2.85 bits per heavy atom. The van der Waals surface area contributed by atoms with Crippen LogP contribution in [0.3, 0.4) is 0 Å². The Hall–Kier alpha value is -0.890. The molecule has 0 saturated heterocycles. The SMILES string of the molecule is CSCc1cn(C)c2ccccc12. The molecule has 13 heavy (non-hydrogen) atoms. The molecule has 0 unspecified atom stereocenters. The van der Waals surface area contributed by atoms with Gasteiger partial charge in [0.05, 0.1) is 0 Å². The monoisotopic (exact) mass is 191 g/mol. The number of para-hydroxylation sites is 1. The van der Waals surface area contributed by atoms with Crippen LogP contribution in [0.5, 0.6) is 0 Å². The number of aromatic nitrogens is 1. The smallest absolute Gasteiger partial charge is 0.0480 e. The molecule has 1 aromatic heterocycles. The summed E-state index contributed by atoms with van der Waals surface area (Å²) in [5, 5.41) is 1.39. The largest absolute Gasteiger partial charge is 0.350 e. The zero-order valence-electron chi connectivity index (χ0n) is 7.95. The Labute approximate surface area is 82.8 Å². The van der Waals surface area contributed by atoms with Gasteiger partial charge in [0.1, 0.15) is 0 Å². The van der Waals surface area contributed by atoms with Crippen LogP contribution in [0.15, 0.2) is 30.5 Å². The minimum Gasteiger partial charge on any atom is -0.350 e. The van der Waals surface area contributed by atoms with Crippen molar-refractivity contribution in [3.05, 3.63) is 36.0 Å². The van der Waals surface area contributed by atoms with Crippen LogP contribution in [0.1, 0.15) is 5.56 Å². The summed E-state index contributed by atoms with van der Waals surface area (Å²) in [5.74, 6) is 1.10. The van der Waals surface area contributed by atoms with E-state index in [1.54, 1.807) is 0 Å². The Kier molecular flexibility index (Phi) is 2.32. The van der Waals surface area contributed by atoms with E-state index in [4.69, 9.17) is 0 Å². The Morgan fingerprint density at radius 1 is 1.31 bits per heavy atom. The molecule has 0 aliphatic carbocycles. The van der Waals surface area contributed by atoms with Crippen molar-refractivity contribution in [3.63, 3.8) is 0 Å². The summed E-state index contributed by atoms with van der Waals surface area (Å²) >= 11 is 1.87. The Morgan fingerprint density at radius 2 is 2.08 bits per heavy atom. The van der Waals surface area contributed by atoms with Crippen molar-refractivity contribution < 1.29 is 0 Å². The number of aryl methyl sites for hydroxylation is 1. The van der Waals surface area contributed by atoms with Crippen LogP contribution in [0.25, 0.3) is 10.9 Å². The van der Waals surface area contributed by atoms with Crippen molar-refractivity contribution in [1.82, 2.24) is 4.57 Å². The maximum absolute atomic E-state index is 2.22. The van der Waals surface area contributed by atoms with E-state index in [1.165, 1.54) is 16.5 Å². The third-order valence-corrected chi connectivity index (χ3v) is 2.88. The molecule has 68 valence electrons. The molecule has 0 fully saturated rings. The maximum atomic E-state index is 2.22. The molecule has 2 heteroatoms. The van der Waals surface area contributed by atoms with Crippen molar-refractivity contribution >= 4 is 22.7 Å². The van der Waals surface area contributed by atoms with Gasteiger partial charge in [-0.05, 0) is 17.9 Å². The van der Waals surface area contributed by atoms with Gasteiger partial charge in [-0.2, -0.15) is 11.8 Å². The van der Waals surface area contributed by atoms with Crippen LogP contribution in [-0.4, -0.2) is 10.8 Å². The van der Waals surface area contributed by atoms with E-state index >= 15 is 0 Å². The van der Waals surface area contributed by atoms with E-state index in [2.05, 4.69) is 48.3 Å². The highest BCUT2D eigenvalue weighted by molar-refractivity contribution is 7.97. The fourth-order valence-electron chi connectivity index (χ4n) is 1.70. The summed E-state index contributed by atoms with van der Waals surface area (Å²) in [6, 6.07) is 8.55. The lowest BCUT2D eigenvalue weighted by molar-refractivity contribution is 0.963. The molecule has 1 aromatic carbocycles. The van der Waals surface area contributed by atoms with E-state index in [-0.39, 0.29) is 0 Å². The predicted octanol–water partition coefficient (Wildman–Crippen LogP) is 3.04. The van der Waals surface area contributed by atoms with Gasteiger partial charge in [-0.25, -0.2) is 0 Å². The van der Waals surface area contributed by atoms with Gasteiger partial charge in [0.2, 0.25) is 0 Å². The predicted molar refractivity (Wildman–Crippen MR) is 60.1 cm³/mol. The van der Waals surface area contributed by atoms with Gasteiger partial charge in [0, 0.05) is 29.9 Å². The number of hydrogen-bond donors (Lipinski definition) is 0. The third kappa shape index (κ3) is 1.46. The standard InChI is InChI=1S/C11H13NS/c1-12-7-9(8-13-2)10-5-3-4-6-11(10)12/h3-7H,8H2,1-2H3. The fraction of sp³-hybridized carbons (Fsp3) is 0.273. The van der Waals surface area contributed by atoms with Gasteiger partial charge >= 0.3 is 0 Å². The molecule has 2 rings (SSSR count). The minimum absolute atomic E-state index is 1.10. The lowest BCUT2D eigenvalue weighted by Crippen LogP contribution is -1.81. The number of nitrogens with zero attached hydrogens (tertiary/aromatic N) is 1. The first kappa shape index (κ1) is 8.70. The van der Waals surface area contributed by atoms with Gasteiger partial charge in [0.15, 0.2) is 0 Å². The van der Waals surface area contributed by atoms with E-state index in [1.807, 2.05) is 11.8 Å². The number of benzene rings is 1. The van der Waals surface area contributed by atoms with Crippen LogP contribution < -0.4 is 0 Å². The van der Waals surface area contributed by atoms with Crippen LogP contribution in [-0.2, 0) is 12.8 Å². The lowest BCUT2D eigenvalue weighted by atomic mass is 10.2. The highest BCUT2D eigenvalue weighted by Crippen LogP contribution is 2.22. The second kappa shape index (κ2) is 3.46. The highest BCUT2D eigenvalue weighted by atomic mass is 32.2. The molecule has 0 N–H and O–H groups in total. The molecule has 0 bridgehead atoms. The van der Waals surface area contributed by atoms with Crippen molar-refractivity contribution in [3.8, 4) is 0 Å². The highest BCUT2D eigenvalue weighted by Gasteiger charge is 2.03. The molecule has 0 spiro atoms. The van der Waals surface area contributed by atoms with Crippen LogP contribution >= 0.6 is 11.8 Å². The van der Waals surface area contributed by atoms with E-state index in [0.717, 1.165) is 5.75 Å². The van der Waals surface area contributed by atoms with Crippen molar-refractivity contribution in [2.24, 2.45) is 7.05 Å². The molecule has 1 heterocycles. The molecule has 1 nitrogen and oxygen atoms in total. The van der Waals surface area contributed by atoms with E-state index < -0.39 is 0 Å². The molecule has 0 aliphatic heterocycles. The van der Waals surface area contributed by atoms with Gasteiger partial charge in [0.25, 0.3) is 0 Å². The summed E-state index contributed by atoms with van der Waals surface area (Å²) in [7, 11) is 2.10. The topological polar surface area (TPSA) is 4.93 Å². The van der Waals surface area contributed by atoms with Crippen LogP contribution in [0, 0.1) is 0 Å². The van der Waals surface area contributed by atoms with Gasteiger partial charge < -0.3 is 4.57 Å². The second-order valence-electron chi connectivity index (χ2n) is 3.22. The van der Waals surface area contributed by atoms with Crippen molar-refractivity contribution in [2.45, 2.75) is 5.75 Å². The zero-order valence-corrected chi connectivity index (χ0v) is 8.77. The lowest BCUT2D eigenvalue weighted by Gasteiger charge is -1.94. The second-order valence-corrected chi connectivity index (χ2v) is 4.08. The van der Waals surface area contributed by atoms with Gasteiger partial charge in [-0.1, -0.05) is 18.2 Å². The molecule has 0 amide bonds. The van der Waals surface area contributed by atoms with Crippen LogP contribution in [0.4, 0.5) is 0 Å². The minimum atomic E-state index is 1.10. The Bertz CT molecular complexity index is 417. The Balaban J connectivity index is 2.63. The molecule has 0 aliphatic rings. The average Bonchev–Trinajstić information content (AvgIpc) is 2.46. The summed E-state index contributed by atoms with van der Waals surface area (Å²) in [6.07, 6.45) is 4.36. The summed E-state index contributed by atoms with van der Waals surface area (Å²) in [4.78, 5) is 0. The van der Waals surface area contributed by atoms with E-state index in [9.17, 15) is 0 Å². The number of thioether (sulfide) groups is 1. The summed E-state index contributed by atoms with van der Waals surface area (Å²) in [5.41, 5.74) is 2.76. The molecular weight excluding hydrogens is 178 g/mol. The first-order valence-corrected chi connectivity index (χ1v) is 5.74. The van der Waals surface area contributed by atoms with E-state index in [0.29, 0.717) is 0 Å². The summed E-state index contributed by atoms with van der Waals surface area (Å²) < 4.78 is 2.20. The van der Waals surface area contributed by atoms with Crippen LogP contribution in [0.2, 0.25) is 0 Å². The molecule has 2 aromatic rings. The fourth-order valence-corrected chi connectivity index (χ4v) is 2.24. The third-order valence-electron chi connectivity index (χ3n) is 2.28. The quantitative estimate of drug-likeness (QED) is 0.706. The van der Waals surface area contributed by atoms with Gasteiger partial charge in [-0.15, -0.1) is 0 Å². The molecule has 0 radical (unpaired) electrons. The number of hydrogen-bond acceptors (Lipinski definition) is 1. The number of fused-ring (bicyclic) bond motifs is 1.